The van der Waals surface area contributed by atoms with E-state index in [1.165, 1.54) is 122 Å². The molecule has 0 amide bonds. The number of hydrogen-bond donors (Lipinski definition) is 0. The molecule has 0 aromatic heterocycles. The van der Waals surface area contributed by atoms with E-state index in [1.54, 1.807) is 0 Å². The van der Waals surface area contributed by atoms with Gasteiger partial charge in [0.2, 0.25) is 0 Å². The van der Waals surface area contributed by atoms with Crippen molar-refractivity contribution < 1.29 is 0 Å². The third-order valence-electron chi connectivity index (χ3n) is 10.6. The minimum absolute atomic E-state index is 0.712. The molecule has 0 N–H and O–H groups in total. The smallest absolute Gasteiger partial charge is 0.0474 e. The Morgan fingerprint density at radius 1 is 0.667 bits per heavy atom. The lowest BCUT2D eigenvalue weighted by atomic mass is 9.73. The fourth-order valence-electron chi connectivity index (χ4n) is 8.41. The zero-order valence-electron chi connectivity index (χ0n) is 22.0. The molecule has 3 heteroatoms. The van der Waals surface area contributed by atoms with E-state index < -0.39 is 0 Å². The highest BCUT2D eigenvalue weighted by Gasteiger charge is 2.39. The van der Waals surface area contributed by atoms with Crippen LogP contribution in [0.3, 0.4) is 0 Å². The van der Waals surface area contributed by atoms with Gasteiger partial charge in [-0.2, -0.15) is 5.10 Å². The highest BCUT2D eigenvalue weighted by molar-refractivity contribution is 5.60. The van der Waals surface area contributed by atoms with Gasteiger partial charge in [-0.05, 0) is 127 Å². The summed E-state index contributed by atoms with van der Waals surface area (Å²) in [7, 11) is 0. The largest absolute Gasteiger partial charge is 0.297 e. The maximum Gasteiger partial charge on any atom is 0.0474 e. The first kappa shape index (κ1) is 24.1. The van der Waals surface area contributed by atoms with Gasteiger partial charge in [0.15, 0.2) is 0 Å². The van der Waals surface area contributed by atoms with Crippen molar-refractivity contribution in [3.63, 3.8) is 0 Å². The fourth-order valence-corrected chi connectivity index (χ4v) is 8.41. The molecule has 0 spiro atoms. The van der Waals surface area contributed by atoms with E-state index in [0.29, 0.717) is 12.1 Å². The SMILES string of the molecule is CC1CCC(N(N=CC2CCC3C(CCCN3C3CCCCC3)C2)C2CCC(C)CC2)CC1. The van der Waals surface area contributed by atoms with Crippen molar-refractivity contribution >= 4 is 6.21 Å². The predicted molar refractivity (Wildman–Crippen MR) is 141 cm³/mol. The monoisotopic (exact) mass is 455 g/mol. The fraction of sp³-hybridized carbons (Fsp3) is 0.967. The van der Waals surface area contributed by atoms with Crippen LogP contribution in [-0.4, -0.2) is 46.8 Å². The van der Waals surface area contributed by atoms with Crippen molar-refractivity contribution in [3.05, 3.63) is 0 Å². The molecule has 0 bridgehead atoms. The van der Waals surface area contributed by atoms with E-state index in [1.807, 2.05) is 0 Å². The molecule has 3 unspecified atom stereocenters. The molecule has 0 aromatic carbocycles. The Morgan fingerprint density at radius 2 is 1.30 bits per heavy atom. The summed E-state index contributed by atoms with van der Waals surface area (Å²) < 4.78 is 0. The lowest BCUT2D eigenvalue weighted by Crippen LogP contribution is -2.53. The minimum atomic E-state index is 0.712. The van der Waals surface area contributed by atoms with E-state index in [4.69, 9.17) is 5.10 Å². The molecule has 4 saturated carbocycles. The summed E-state index contributed by atoms with van der Waals surface area (Å²) in [5.74, 6) is 3.51. The maximum atomic E-state index is 5.39. The number of piperidine rings is 1. The van der Waals surface area contributed by atoms with Crippen LogP contribution >= 0.6 is 0 Å². The van der Waals surface area contributed by atoms with E-state index in [0.717, 1.165) is 35.8 Å². The second kappa shape index (κ2) is 11.4. The average Bonchev–Trinajstić information content (AvgIpc) is 2.86. The molecule has 4 aliphatic carbocycles. The third kappa shape index (κ3) is 5.99. The standard InChI is InChI=1S/C30H53N3/c1-23-10-15-28(16-11-23)33(29-17-12-24(2)13-18-29)31-22-25-14-19-30-26(21-25)7-6-20-32(30)27-8-4-3-5-9-27/h22-30H,3-21H2,1-2H3. The van der Waals surface area contributed by atoms with Crippen LogP contribution in [0, 0.1) is 23.7 Å². The Bertz CT molecular complexity index is 588. The van der Waals surface area contributed by atoms with Crippen molar-refractivity contribution in [2.24, 2.45) is 28.8 Å². The molecule has 0 radical (unpaired) electrons. The average molecular weight is 456 g/mol. The highest BCUT2D eigenvalue weighted by atomic mass is 15.5. The van der Waals surface area contributed by atoms with Gasteiger partial charge in [-0.3, -0.25) is 9.91 Å². The minimum Gasteiger partial charge on any atom is -0.297 e. The molecule has 3 atom stereocenters. The number of fused-ring (bicyclic) bond motifs is 1. The van der Waals surface area contributed by atoms with Gasteiger partial charge in [-0.1, -0.05) is 33.1 Å². The van der Waals surface area contributed by atoms with Crippen LogP contribution in [0.2, 0.25) is 0 Å². The number of rotatable bonds is 5. The summed E-state index contributed by atoms with van der Waals surface area (Å²) in [5.41, 5.74) is 0. The van der Waals surface area contributed by atoms with E-state index in [9.17, 15) is 0 Å². The molecule has 188 valence electrons. The first-order chi connectivity index (χ1) is 16.2. The summed E-state index contributed by atoms with van der Waals surface area (Å²) >= 11 is 0. The van der Waals surface area contributed by atoms with Gasteiger partial charge in [0, 0.05) is 30.4 Å². The number of likely N-dealkylation sites (tertiary alicyclic amines) is 1. The summed E-state index contributed by atoms with van der Waals surface area (Å²) in [6.07, 6.45) is 28.1. The third-order valence-corrected chi connectivity index (χ3v) is 10.6. The van der Waals surface area contributed by atoms with E-state index in [-0.39, 0.29) is 0 Å². The van der Waals surface area contributed by atoms with E-state index >= 15 is 0 Å². The zero-order valence-corrected chi connectivity index (χ0v) is 22.0. The highest BCUT2D eigenvalue weighted by Crippen LogP contribution is 2.41. The van der Waals surface area contributed by atoms with Crippen LogP contribution in [0.4, 0.5) is 0 Å². The van der Waals surface area contributed by atoms with Crippen LogP contribution < -0.4 is 0 Å². The molecule has 3 nitrogen and oxygen atoms in total. The van der Waals surface area contributed by atoms with Gasteiger partial charge in [0.1, 0.15) is 0 Å². The molecule has 33 heavy (non-hydrogen) atoms. The lowest BCUT2D eigenvalue weighted by molar-refractivity contribution is 0.00723. The molecule has 1 aliphatic heterocycles. The Kier molecular flexibility index (Phi) is 8.37. The summed E-state index contributed by atoms with van der Waals surface area (Å²) in [6.45, 7) is 6.29. The van der Waals surface area contributed by atoms with Crippen molar-refractivity contribution in [2.45, 2.75) is 154 Å². The zero-order chi connectivity index (χ0) is 22.6. The lowest BCUT2D eigenvalue weighted by Gasteiger charge is -2.50. The first-order valence-corrected chi connectivity index (χ1v) is 15.3. The first-order valence-electron chi connectivity index (χ1n) is 15.3. The summed E-state index contributed by atoms with van der Waals surface area (Å²) in [5, 5.41) is 8.05. The maximum absolute atomic E-state index is 5.39. The predicted octanol–water partition coefficient (Wildman–Crippen LogP) is 7.65. The van der Waals surface area contributed by atoms with Crippen LogP contribution in [0.15, 0.2) is 5.10 Å². The molecule has 5 rings (SSSR count). The quantitative estimate of drug-likeness (QED) is 0.313. The van der Waals surface area contributed by atoms with E-state index in [2.05, 4.69) is 30.0 Å². The van der Waals surface area contributed by atoms with Gasteiger partial charge in [0.25, 0.3) is 0 Å². The van der Waals surface area contributed by atoms with Gasteiger partial charge < -0.3 is 0 Å². The topological polar surface area (TPSA) is 18.8 Å². The van der Waals surface area contributed by atoms with Crippen LogP contribution in [0.25, 0.3) is 0 Å². The number of nitrogens with zero attached hydrogens (tertiary/aromatic N) is 3. The summed E-state index contributed by atoms with van der Waals surface area (Å²) in [4.78, 5) is 3.00. The molecular formula is C30H53N3. The van der Waals surface area contributed by atoms with Gasteiger partial charge >= 0.3 is 0 Å². The Balaban J connectivity index is 1.21. The normalized spacial score (nSPS) is 41.7. The van der Waals surface area contributed by atoms with Crippen molar-refractivity contribution in [1.29, 1.82) is 0 Å². The second-order valence-corrected chi connectivity index (χ2v) is 13.0. The Morgan fingerprint density at radius 3 is 1.94 bits per heavy atom. The van der Waals surface area contributed by atoms with Gasteiger partial charge in [-0.15, -0.1) is 0 Å². The van der Waals surface area contributed by atoms with Crippen molar-refractivity contribution in [2.75, 3.05) is 6.54 Å². The summed E-state index contributed by atoms with van der Waals surface area (Å²) in [6, 6.07) is 3.23. The molecule has 0 aromatic rings. The molecule has 5 fully saturated rings. The number of hydrazone groups is 1. The molecular weight excluding hydrogens is 402 g/mol. The second-order valence-electron chi connectivity index (χ2n) is 13.0. The van der Waals surface area contributed by atoms with Crippen LogP contribution in [0.5, 0.6) is 0 Å². The van der Waals surface area contributed by atoms with Crippen molar-refractivity contribution in [1.82, 2.24) is 9.91 Å². The van der Waals surface area contributed by atoms with Crippen LogP contribution in [-0.2, 0) is 0 Å². The molecule has 1 saturated heterocycles. The Labute approximate surface area is 205 Å². The van der Waals surface area contributed by atoms with Crippen LogP contribution in [0.1, 0.15) is 129 Å². The number of hydrogen-bond acceptors (Lipinski definition) is 3. The molecule has 5 aliphatic rings. The Hall–Kier alpha value is -0.570. The van der Waals surface area contributed by atoms with Crippen molar-refractivity contribution in [3.8, 4) is 0 Å². The molecule has 1 heterocycles. The van der Waals surface area contributed by atoms with Gasteiger partial charge in [0.05, 0.1) is 0 Å². The van der Waals surface area contributed by atoms with Gasteiger partial charge in [-0.25, -0.2) is 0 Å².